The number of nitrogens with two attached hydrogens (primary N) is 1. The van der Waals surface area contributed by atoms with Gasteiger partial charge in [0.15, 0.2) is 0 Å². The second-order valence-corrected chi connectivity index (χ2v) is 6.38. The highest BCUT2D eigenvalue weighted by atomic mass is 16.1. The van der Waals surface area contributed by atoms with Crippen LogP contribution in [0.15, 0.2) is 18.2 Å². The molecule has 0 aliphatic heterocycles. The molecule has 0 saturated carbocycles. The summed E-state index contributed by atoms with van der Waals surface area (Å²) in [5.74, 6) is 0.457. The molecule has 3 nitrogen and oxygen atoms in total. The molecule has 0 saturated heterocycles. The highest BCUT2D eigenvalue weighted by Crippen LogP contribution is 2.27. The lowest BCUT2D eigenvalue weighted by Gasteiger charge is -2.26. The van der Waals surface area contributed by atoms with E-state index in [1.165, 1.54) is 0 Å². The Morgan fingerprint density at radius 2 is 2.00 bits per heavy atom. The normalized spacial score (nSPS) is 13.1. The van der Waals surface area contributed by atoms with Crippen LogP contribution < -0.4 is 11.1 Å². The second-order valence-electron chi connectivity index (χ2n) is 6.38. The van der Waals surface area contributed by atoms with E-state index in [-0.39, 0.29) is 11.3 Å². The number of hydrogen-bond donors (Lipinski definition) is 2. The van der Waals surface area contributed by atoms with Crippen LogP contribution in [0.4, 0.5) is 5.69 Å². The van der Waals surface area contributed by atoms with Crippen molar-refractivity contribution >= 4 is 11.6 Å². The first-order valence-electron chi connectivity index (χ1n) is 6.82. The maximum atomic E-state index is 11.9. The van der Waals surface area contributed by atoms with Crippen LogP contribution in [0.25, 0.3) is 0 Å². The Kier molecular flexibility index (Phi) is 4.98. The van der Waals surface area contributed by atoms with Crippen molar-refractivity contribution in [1.82, 2.24) is 5.32 Å². The van der Waals surface area contributed by atoms with Crippen LogP contribution in [-0.2, 0) is 11.3 Å². The van der Waals surface area contributed by atoms with Crippen molar-refractivity contribution in [2.24, 2.45) is 11.3 Å². The number of carbonyl (C=O) groups excluding carboxylic acids is 1. The predicted molar refractivity (Wildman–Crippen MR) is 80.7 cm³/mol. The summed E-state index contributed by atoms with van der Waals surface area (Å²) < 4.78 is 0. The minimum atomic E-state index is 0.101. The first-order valence-corrected chi connectivity index (χ1v) is 6.82. The molecule has 1 aromatic carbocycles. The van der Waals surface area contributed by atoms with Crippen LogP contribution in [0, 0.1) is 18.3 Å². The van der Waals surface area contributed by atoms with Crippen LogP contribution in [0.1, 0.15) is 45.2 Å². The van der Waals surface area contributed by atoms with Crippen molar-refractivity contribution in [1.29, 1.82) is 0 Å². The molecule has 1 aromatic rings. The monoisotopic (exact) mass is 262 g/mol. The van der Waals surface area contributed by atoms with Gasteiger partial charge in [0.1, 0.15) is 0 Å². The largest absolute Gasteiger partial charge is 0.399 e. The molecule has 0 radical (unpaired) electrons. The van der Waals surface area contributed by atoms with Gasteiger partial charge in [-0.05, 0) is 35.4 Å². The fraction of sp³-hybridized carbons (Fsp3) is 0.562. The summed E-state index contributed by atoms with van der Waals surface area (Å²) in [4.78, 5) is 11.9. The van der Waals surface area contributed by atoms with Gasteiger partial charge in [0.25, 0.3) is 0 Å². The topological polar surface area (TPSA) is 55.1 Å². The molecule has 0 bridgehead atoms. The van der Waals surface area contributed by atoms with Crippen molar-refractivity contribution in [3.05, 3.63) is 29.3 Å². The van der Waals surface area contributed by atoms with Crippen molar-refractivity contribution in [2.75, 3.05) is 5.73 Å². The molecular formula is C16H26N2O. The van der Waals surface area contributed by atoms with Gasteiger partial charge >= 0.3 is 0 Å². The highest BCUT2D eigenvalue weighted by molar-refractivity contribution is 5.76. The summed E-state index contributed by atoms with van der Waals surface area (Å²) >= 11 is 0. The number of rotatable bonds is 4. The molecule has 1 atom stereocenters. The molecule has 19 heavy (non-hydrogen) atoms. The van der Waals surface area contributed by atoms with Crippen LogP contribution in [0.5, 0.6) is 0 Å². The maximum absolute atomic E-state index is 11.9. The third-order valence-electron chi connectivity index (χ3n) is 3.93. The quantitative estimate of drug-likeness (QED) is 0.818. The van der Waals surface area contributed by atoms with Crippen molar-refractivity contribution in [3.63, 3.8) is 0 Å². The summed E-state index contributed by atoms with van der Waals surface area (Å²) in [6.07, 6.45) is 0.560. The van der Waals surface area contributed by atoms with Crippen LogP contribution in [0.3, 0.4) is 0 Å². The lowest BCUT2D eigenvalue weighted by Crippen LogP contribution is -2.29. The third kappa shape index (κ3) is 4.58. The molecule has 0 aliphatic rings. The molecule has 3 N–H and O–H groups in total. The summed E-state index contributed by atoms with van der Waals surface area (Å²) in [6, 6.07) is 5.79. The van der Waals surface area contributed by atoms with Gasteiger partial charge in [-0.3, -0.25) is 4.79 Å². The first-order chi connectivity index (χ1) is 8.71. The standard InChI is InChI=1S/C16H26N2O/c1-11(16(3,4)5)9-15(19)18-10-13-7-6-8-14(17)12(13)2/h6-8,11H,9-10,17H2,1-5H3,(H,18,19). The van der Waals surface area contributed by atoms with E-state index in [1.807, 2.05) is 25.1 Å². The number of benzene rings is 1. The zero-order chi connectivity index (χ0) is 14.6. The Morgan fingerprint density at radius 3 is 2.58 bits per heavy atom. The van der Waals surface area contributed by atoms with Gasteiger partial charge in [0.05, 0.1) is 0 Å². The molecule has 1 amide bonds. The second kappa shape index (κ2) is 6.09. The summed E-state index contributed by atoms with van der Waals surface area (Å²) in [5.41, 5.74) is 8.91. The SMILES string of the molecule is Cc1c(N)cccc1CNC(=O)CC(C)C(C)(C)C. The average molecular weight is 262 g/mol. The van der Waals surface area contributed by atoms with Gasteiger partial charge in [-0.1, -0.05) is 39.8 Å². The van der Waals surface area contributed by atoms with Crippen molar-refractivity contribution in [2.45, 2.75) is 47.6 Å². The number of nitrogen functional groups attached to an aromatic ring is 1. The Bertz CT molecular complexity index is 447. The first kappa shape index (κ1) is 15.5. The number of nitrogens with one attached hydrogen (secondary N) is 1. The summed E-state index contributed by atoms with van der Waals surface area (Å²) in [6.45, 7) is 11.1. The van der Waals surface area contributed by atoms with Crippen LogP contribution >= 0.6 is 0 Å². The minimum absolute atomic E-state index is 0.101. The highest BCUT2D eigenvalue weighted by Gasteiger charge is 2.22. The average Bonchev–Trinajstić information content (AvgIpc) is 2.30. The number of carbonyl (C=O) groups is 1. The molecule has 0 aliphatic carbocycles. The molecule has 0 aromatic heterocycles. The third-order valence-corrected chi connectivity index (χ3v) is 3.93. The van der Waals surface area contributed by atoms with Gasteiger partial charge in [-0.15, -0.1) is 0 Å². The Balaban J connectivity index is 2.53. The van der Waals surface area contributed by atoms with E-state index in [0.717, 1.165) is 16.8 Å². The van der Waals surface area contributed by atoms with Gasteiger partial charge in [-0.2, -0.15) is 0 Å². The summed E-state index contributed by atoms with van der Waals surface area (Å²) in [7, 11) is 0. The van der Waals surface area contributed by atoms with Crippen LogP contribution in [-0.4, -0.2) is 5.91 Å². The van der Waals surface area contributed by atoms with E-state index in [0.29, 0.717) is 18.9 Å². The molecule has 0 heterocycles. The fourth-order valence-electron chi connectivity index (χ4n) is 1.75. The molecule has 3 heteroatoms. The molecule has 0 spiro atoms. The van der Waals surface area contributed by atoms with E-state index in [9.17, 15) is 4.79 Å². The zero-order valence-corrected chi connectivity index (χ0v) is 12.7. The Labute approximate surface area is 116 Å². The van der Waals surface area contributed by atoms with E-state index in [1.54, 1.807) is 0 Å². The van der Waals surface area contributed by atoms with Crippen molar-refractivity contribution < 1.29 is 4.79 Å². The van der Waals surface area contributed by atoms with Gasteiger partial charge in [-0.25, -0.2) is 0 Å². The van der Waals surface area contributed by atoms with Crippen molar-refractivity contribution in [3.8, 4) is 0 Å². The number of hydrogen-bond acceptors (Lipinski definition) is 2. The van der Waals surface area contributed by atoms with Gasteiger partial charge in [0.2, 0.25) is 5.91 Å². The maximum Gasteiger partial charge on any atom is 0.220 e. The zero-order valence-electron chi connectivity index (χ0n) is 12.7. The predicted octanol–water partition coefficient (Wildman–Crippen LogP) is 3.27. The summed E-state index contributed by atoms with van der Waals surface area (Å²) in [5, 5.41) is 2.98. The smallest absolute Gasteiger partial charge is 0.220 e. The molecule has 0 fully saturated rings. The van der Waals surface area contributed by atoms with E-state index < -0.39 is 0 Å². The molecule has 1 rings (SSSR count). The van der Waals surface area contributed by atoms with Gasteiger partial charge < -0.3 is 11.1 Å². The lowest BCUT2D eigenvalue weighted by atomic mass is 9.80. The Morgan fingerprint density at radius 1 is 1.37 bits per heavy atom. The molecule has 106 valence electrons. The lowest BCUT2D eigenvalue weighted by molar-refractivity contribution is -0.122. The van der Waals surface area contributed by atoms with E-state index >= 15 is 0 Å². The van der Waals surface area contributed by atoms with E-state index in [4.69, 9.17) is 5.73 Å². The number of amides is 1. The fourth-order valence-corrected chi connectivity index (χ4v) is 1.75. The van der Waals surface area contributed by atoms with Crippen LogP contribution in [0.2, 0.25) is 0 Å². The molecule has 1 unspecified atom stereocenters. The Hall–Kier alpha value is -1.51. The molecular weight excluding hydrogens is 236 g/mol. The van der Waals surface area contributed by atoms with Gasteiger partial charge in [0, 0.05) is 18.7 Å². The number of anilines is 1. The van der Waals surface area contributed by atoms with E-state index in [2.05, 4.69) is 33.0 Å². The minimum Gasteiger partial charge on any atom is -0.399 e.